The third kappa shape index (κ3) is 2.32. The van der Waals surface area contributed by atoms with Crippen LogP contribution in [0.1, 0.15) is 29.6 Å². The summed E-state index contributed by atoms with van der Waals surface area (Å²) in [5, 5.41) is 4.09. The topological polar surface area (TPSA) is 94.0 Å². The van der Waals surface area contributed by atoms with Crippen LogP contribution >= 0.6 is 0 Å². The molecule has 104 valence electrons. The zero-order chi connectivity index (χ0) is 14.2. The largest absolute Gasteiger partial charge is 0.368 e. The van der Waals surface area contributed by atoms with E-state index >= 15 is 0 Å². The Balaban J connectivity index is 1.94. The second-order valence-corrected chi connectivity index (χ2v) is 5.51. The molecular formula is C15H18N4O. The van der Waals surface area contributed by atoms with Gasteiger partial charge in [-0.25, -0.2) is 4.98 Å². The summed E-state index contributed by atoms with van der Waals surface area (Å²) in [6, 6.07) is 9.42. The number of primary amides is 1. The van der Waals surface area contributed by atoms with Crippen molar-refractivity contribution in [3.63, 3.8) is 0 Å². The maximum atomic E-state index is 11.6. The monoisotopic (exact) mass is 270 g/mol. The van der Waals surface area contributed by atoms with Gasteiger partial charge in [-0.15, -0.1) is 0 Å². The van der Waals surface area contributed by atoms with Crippen LogP contribution in [0.4, 0.5) is 5.82 Å². The SMILES string of the molecule is NC(=O)c1cc2ccccc2nc1NCC1(N)CCC1. The number of benzene rings is 1. The van der Waals surface area contributed by atoms with Gasteiger partial charge in [-0.3, -0.25) is 4.79 Å². The van der Waals surface area contributed by atoms with Gasteiger partial charge >= 0.3 is 0 Å². The summed E-state index contributed by atoms with van der Waals surface area (Å²) in [7, 11) is 0. The summed E-state index contributed by atoms with van der Waals surface area (Å²) in [6.07, 6.45) is 3.16. The molecule has 1 saturated carbocycles. The van der Waals surface area contributed by atoms with Crippen molar-refractivity contribution >= 4 is 22.6 Å². The zero-order valence-corrected chi connectivity index (χ0v) is 11.2. The molecule has 3 rings (SSSR count). The molecule has 5 N–H and O–H groups in total. The Morgan fingerprint density at radius 2 is 2.10 bits per heavy atom. The number of hydrogen-bond donors (Lipinski definition) is 3. The number of rotatable bonds is 4. The highest BCUT2D eigenvalue weighted by molar-refractivity contribution is 6.01. The van der Waals surface area contributed by atoms with Gasteiger partial charge in [0.15, 0.2) is 0 Å². The molecule has 0 radical (unpaired) electrons. The Morgan fingerprint density at radius 3 is 2.75 bits per heavy atom. The number of anilines is 1. The normalized spacial score (nSPS) is 16.6. The van der Waals surface area contributed by atoms with Gasteiger partial charge in [0.2, 0.25) is 0 Å². The molecule has 1 heterocycles. The van der Waals surface area contributed by atoms with Crippen molar-refractivity contribution in [1.29, 1.82) is 0 Å². The van der Waals surface area contributed by atoms with Crippen molar-refractivity contribution in [2.75, 3.05) is 11.9 Å². The Morgan fingerprint density at radius 1 is 1.35 bits per heavy atom. The molecule has 5 nitrogen and oxygen atoms in total. The number of amides is 1. The van der Waals surface area contributed by atoms with Gasteiger partial charge in [-0.1, -0.05) is 18.2 Å². The zero-order valence-electron chi connectivity index (χ0n) is 11.2. The summed E-state index contributed by atoms with van der Waals surface area (Å²) in [5.74, 6) is 0.0401. The van der Waals surface area contributed by atoms with Crippen LogP contribution < -0.4 is 16.8 Å². The molecule has 0 bridgehead atoms. The fourth-order valence-corrected chi connectivity index (χ4v) is 2.51. The molecule has 1 fully saturated rings. The average molecular weight is 270 g/mol. The van der Waals surface area contributed by atoms with Crippen molar-refractivity contribution in [1.82, 2.24) is 4.98 Å². The number of aromatic nitrogens is 1. The first-order valence-electron chi connectivity index (χ1n) is 6.80. The van der Waals surface area contributed by atoms with E-state index in [4.69, 9.17) is 11.5 Å². The van der Waals surface area contributed by atoms with Gasteiger partial charge in [-0.05, 0) is 31.4 Å². The Hall–Kier alpha value is -2.14. The van der Waals surface area contributed by atoms with E-state index in [1.54, 1.807) is 6.07 Å². The number of nitrogens with zero attached hydrogens (tertiary/aromatic N) is 1. The van der Waals surface area contributed by atoms with Crippen molar-refractivity contribution < 1.29 is 4.79 Å². The molecule has 1 amide bonds. The van der Waals surface area contributed by atoms with E-state index in [2.05, 4.69) is 10.3 Å². The minimum absolute atomic E-state index is 0.178. The molecule has 0 aliphatic heterocycles. The van der Waals surface area contributed by atoms with Crippen LogP contribution in [-0.2, 0) is 0 Å². The average Bonchev–Trinajstić information content (AvgIpc) is 2.42. The van der Waals surface area contributed by atoms with E-state index in [9.17, 15) is 4.79 Å². The van der Waals surface area contributed by atoms with Crippen LogP contribution in [0.2, 0.25) is 0 Å². The lowest BCUT2D eigenvalue weighted by molar-refractivity contribution is 0.100. The second kappa shape index (κ2) is 4.76. The molecule has 2 aromatic rings. The Bertz CT molecular complexity index is 664. The van der Waals surface area contributed by atoms with Crippen molar-refractivity contribution in [2.24, 2.45) is 11.5 Å². The maximum absolute atomic E-state index is 11.6. The minimum atomic E-state index is -0.481. The minimum Gasteiger partial charge on any atom is -0.368 e. The standard InChI is InChI=1S/C15H18N4O/c16-13(20)11-8-10-4-1-2-5-12(10)19-14(11)18-9-15(17)6-3-7-15/h1-2,4-5,8H,3,6-7,9,17H2,(H2,16,20)(H,18,19). The first-order chi connectivity index (χ1) is 9.57. The van der Waals surface area contributed by atoms with Crippen LogP contribution in [-0.4, -0.2) is 23.0 Å². The predicted molar refractivity (Wildman–Crippen MR) is 79.5 cm³/mol. The van der Waals surface area contributed by atoms with E-state index in [0.29, 0.717) is 17.9 Å². The number of hydrogen-bond acceptors (Lipinski definition) is 4. The number of nitrogens with two attached hydrogens (primary N) is 2. The quantitative estimate of drug-likeness (QED) is 0.787. The molecule has 20 heavy (non-hydrogen) atoms. The van der Waals surface area contributed by atoms with Crippen molar-refractivity contribution in [3.8, 4) is 0 Å². The third-order valence-corrected chi connectivity index (χ3v) is 3.95. The highest BCUT2D eigenvalue weighted by Gasteiger charge is 2.32. The third-order valence-electron chi connectivity index (χ3n) is 3.95. The lowest BCUT2D eigenvalue weighted by Crippen LogP contribution is -2.52. The fraction of sp³-hybridized carbons (Fsp3) is 0.333. The summed E-state index contributed by atoms with van der Waals surface area (Å²) < 4.78 is 0. The molecule has 1 aliphatic carbocycles. The molecule has 0 saturated heterocycles. The predicted octanol–water partition coefficient (Wildman–Crippen LogP) is 1.63. The molecule has 0 spiro atoms. The first-order valence-corrected chi connectivity index (χ1v) is 6.80. The number of para-hydroxylation sites is 1. The van der Waals surface area contributed by atoms with Crippen LogP contribution in [0.3, 0.4) is 0 Å². The van der Waals surface area contributed by atoms with Crippen LogP contribution in [0, 0.1) is 0 Å². The highest BCUT2D eigenvalue weighted by atomic mass is 16.1. The van der Waals surface area contributed by atoms with E-state index < -0.39 is 5.91 Å². The Labute approximate surface area is 117 Å². The van der Waals surface area contributed by atoms with Gasteiger partial charge < -0.3 is 16.8 Å². The van der Waals surface area contributed by atoms with Crippen molar-refractivity contribution in [2.45, 2.75) is 24.8 Å². The first kappa shape index (κ1) is 12.9. The van der Waals surface area contributed by atoms with Gasteiger partial charge in [0, 0.05) is 17.5 Å². The lowest BCUT2D eigenvalue weighted by atomic mass is 9.78. The van der Waals surface area contributed by atoms with Crippen LogP contribution in [0.5, 0.6) is 0 Å². The molecular weight excluding hydrogens is 252 g/mol. The number of pyridine rings is 1. The molecule has 1 aliphatic rings. The molecule has 1 aromatic carbocycles. The smallest absolute Gasteiger partial charge is 0.252 e. The van der Waals surface area contributed by atoms with Gasteiger partial charge in [0.1, 0.15) is 5.82 Å². The van der Waals surface area contributed by atoms with Crippen molar-refractivity contribution in [3.05, 3.63) is 35.9 Å². The molecule has 5 heteroatoms. The number of nitrogens with one attached hydrogen (secondary N) is 1. The van der Waals surface area contributed by atoms with Gasteiger partial charge in [0.05, 0.1) is 11.1 Å². The number of fused-ring (bicyclic) bond motifs is 1. The maximum Gasteiger partial charge on any atom is 0.252 e. The van der Waals surface area contributed by atoms with Gasteiger partial charge in [-0.2, -0.15) is 0 Å². The van der Waals surface area contributed by atoms with Gasteiger partial charge in [0.25, 0.3) is 5.91 Å². The Kier molecular flexibility index (Phi) is 3.06. The van der Waals surface area contributed by atoms with E-state index in [1.165, 1.54) is 0 Å². The second-order valence-electron chi connectivity index (χ2n) is 5.51. The number of carbonyl (C=O) groups excluding carboxylic acids is 1. The summed E-state index contributed by atoms with van der Waals surface area (Å²) in [5.41, 5.74) is 12.7. The highest BCUT2D eigenvalue weighted by Crippen LogP contribution is 2.29. The molecule has 0 atom stereocenters. The molecule has 1 aromatic heterocycles. The fourth-order valence-electron chi connectivity index (χ4n) is 2.51. The van der Waals surface area contributed by atoms with Crippen LogP contribution in [0.25, 0.3) is 10.9 Å². The van der Waals surface area contributed by atoms with E-state index in [1.807, 2.05) is 24.3 Å². The van der Waals surface area contributed by atoms with Crippen LogP contribution in [0.15, 0.2) is 30.3 Å². The molecule has 0 unspecified atom stereocenters. The number of carbonyl (C=O) groups is 1. The van der Waals surface area contributed by atoms with E-state index in [-0.39, 0.29) is 5.54 Å². The summed E-state index contributed by atoms with van der Waals surface area (Å²) in [6.45, 7) is 0.610. The summed E-state index contributed by atoms with van der Waals surface area (Å²) in [4.78, 5) is 16.1. The summed E-state index contributed by atoms with van der Waals surface area (Å²) >= 11 is 0. The van der Waals surface area contributed by atoms with E-state index in [0.717, 1.165) is 30.2 Å². The lowest BCUT2D eigenvalue weighted by Gasteiger charge is -2.38.